The maximum Gasteiger partial charge on any atom is 0.155 e. The Bertz CT molecular complexity index is 258. The first kappa shape index (κ1) is 13.6. The lowest BCUT2D eigenvalue weighted by molar-refractivity contribution is -0.114. The Kier molecular flexibility index (Phi) is 9.75. The third kappa shape index (κ3) is 10.6. The molecule has 0 unspecified atom stereocenters. The van der Waals surface area contributed by atoms with Crippen LogP contribution in [0.3, 0.4) is 0 Å². The third-order valence-electron chi connectivity index (χ3n) is 2.09. The number of ketones is 1. The second-order valence-corrected chi connectivity index (χ2v) is 3.48. The number of unbranched alkanes of at least 4 members (excludes halogenated alkanes) is 4. The molecule has 0 saturated carbocycles. The van der Waals surface area contributed by atoms with Crippen LogP contribution in [0.15, 0.2) is 24.3 Å². The summed E-state index contributed by atoms with van der Waals surface area (Å²) in [5, 5.41) is 8.20. The monoisotopic (exact) mass is 205 g/mol. The van der Waals surface area contributed by atoms with Crippen LogP contribution in [0, 0.1) is 11.3 Å². The predicted molar refractivity (Wildman–Crippen MR) is 62.3 cm³/mol. The van der Waals surface area contributed by atoms with E-state index in [4.69, 9.17) is 5.26 Å². The van der Waals surface area contributed by atoms with Gasteiger partial charge >= 0.3 is 0 Å². The number of hydrogen-bond donors (Lipinski definition) is 0. The Balaban J connectivity index is 3.45. The van der Waals surface area contributed by atoms with Crippen LogP contribution in [-0.4, -0.2) is 5.78 Å². The van der Waals surface area contributed by atoms with Crippen molar-refractivity contribution in [3.8, 4) is 6.07 Å². The van der Waals surface area contributed by atoms with Crippen molar-refractivity contribution in [1.29, 1.82) is 5.26 Å². The lowest BCUT2D eigenvalue weighted by Crippen LogP contribution is -1.91. The van der Waals surface area contributed by atoms with Crippen molar-refractivity contribution >= 4 is 5.78 Å². The van der Waals surface area contributed by atoms with Crippen molar-refractivity contribution in [3.63, 3.8) is 0 Å². The van der Waals surface area contributed by atoms with Gasteiger partial charge in [-0.2, -0.15) is 5.26 Å². The molecule has 2 heteroatoms. The largest absolute Gasteiger partial charge is 0.295 e. The summed E-state index contributed by atoms with van der Waals surface area (Å²) < 4.78 is 0. The maximum atomic E-state index is 11.2. The molecule has 0 aromatic heterocycles. The number of allylic oxidation sites excluding steroid dienone is 4. The van der Waals surface area contributed by atoms with Crippen LogP contribution in [0.25, 0.3) is 0 Å². The van der Waals surface area contributed by atoms with Crippen LogP contribution in [0.1, 0.15) is 45.4 Å². The third-order valence-corrected chi connectivity index (χ3v) is 2.09. The van der Waals surface area contributed by atoms with Gasteiger partial charge in [0, 0.05) is 12.5 Å². The standard InChI is InChI=1S/C13H19NO/c1-2-3-4-5-7-10-13(15)11-8-6-9-12-14/h6,8-9,11H,2-5,7,10H2,1H3/b9-6+,11-8+. The Hall–Kier alpha value is -1.36. The van der Waals surface area contributed by atoms with Gasteiger partial charge < -0.3 is 0 Å². The van der Waals surface area contributed by atoms with Crippen LogP contribution in [0.4, 0.5) is 0 Å². The molecule has 0 saturated heterocycles. The molecule has 0 spiro atoms. The predicted octanol–water partition coefficient (Wildman–Crippen LogP) is 3.55. The van der Waals surface area contributed by atoms with E-state index in [-0.39, 0.29) is 5.78 Å². The average Bonchev–Trinajstić information content (AvgIpc) is 2.24. The zero-order valence-electron chi connectivity index (χ0n) is 9.41. The Morgan fingerprint density at radius 2 is 1.93 bits per heavy atom. The van der Waals surface area contributed by atoms with Crippen LogP contribution < -0.4 is 0 Å². The summed E-state index contributed by atoms with van der Waals surface area (Å²) in [6, 6.07) is 1.86. The fourth-order valence-corrected chi connectivity index (χ4v) is 1.25. The van der Waals surface area contributed by atoms with Crippen molar-refractivity contribution in [2.45, 2.75) is 45.4 Å². The molecule has 0 rings (SSSR count). The van der Waals surface area contributed by atoms with E-state index < -0.39 is 0 Å². The molecule has 0 amide bonds. The first-order valence-corrected chi connectivity index (χ1v) is 5.57. The molecule has 0 aromatic carbocycles. The highest BCUT2D eigenvalue weighted by Gasteiger charge is 1.95. The van der Waals surface area contributed by atoms with Gasteiger partial charge in [0.25, 0.3) is 0 Å². The van der Waals surface area contributed by atoms with Gasteiger partial charge in [0.05, 0.1) is 6.07 Å². The molecule has 0 N–H and O–H groups in total. The van der Waals surface area contributed by atoms with Gasteiger partial charge in [-0.1, -0.05) is 44.8 Å². The fourth-order valence-electron chi connectivity index (χ4n) is 1.25. The number of nitriles is 1. The molecule has 15 heavy (non-hydrogen) atoms. The summed E-state index contributed by atoms with van der Waals surface area (Å²) in [6.45, 7) is 2.18. The second kappa shape index (κ2) is 10.7. The Morgan fingerprint density at radius 1 is 1.20 bits per heavy atom. The zero-order chi connectivity index (χ0) is 11.4. The molecule has 2 nitrogen and oxygen atoms in total. The van der Waals surface area contributed by atoms with Crippen molar-refractivity contribution in [2.24, 2.45) is 0 Å². The van der Waals surface area contributed by atoms with E-state index in [2.05, 4.69) is 6.92 Å². The first-order chi connectivity index (χ1) is 7.31. The number of carbonyl (C=O) groups excluding carboxylic acids is 1. The van der Waals surface area contributed by atoms with Crippen molar-refractivity contribution in [3.05, 3.63) is 24.3 Å². The summed E-state index contributed by atoms with van der Waals surface area (Å²) in [6.07, 6.45) is 12.5. The van der Waals surface area contributed by atoms with Gasteiger partial charge in [-0.25, -0.2) is 0 Å². The SMILES string of the molecule is CCCCCCCC(=O)/C=C/C=C/C#N. The molecular formula is C13H19NO. The number of hydrogen-bond acceptors (Lipinski definition) is 2. The smallest absolute Gasteiger partial charge is 0.155 e. The number of rotatable bonds is 8. The quantitative estimate of drug-likeness (QED) is 0.263. The van der Waals surface area contributed by atoms with Crippen LogP contribution in [0.5, 0.6) is 0 Å². The summed E-state index contributed by atoms with van der Waals surface area (Å²) in [7, 11) is 0. The van der Waals surface area contributed by atoms with E-state index in [1.807, 2.05) is 6.07 Å². The number of carbonyl (C=O) groups is 1. The maximum absolute atomic E-state index is 11.2. The fraction of sp³-hybridized carbons (Fsp3) is 0.538. The molecule has 0 atom stereocenters. The van der Waals surface area contributed by atoms with Gasteiger partial charge in [0.15, 0.2) is 5.78 Å². The van der Waals surface area contributed by atoms with E-state index in [0.29, 0.717) is 6.42 Å². The van der Waals surface area contributed by atoms with E-state index in [1.165, 1.54) is 31.4 Å². The van der Waals surface area contributed by atoms with Crippen LogP contribution in [-0.2, 0) is 4.79 Å². The highest BCUT2D eigenvalue weighted by atomic mass is 16.1. The minimum atomic E-state index is 0.147. The van der Waals surface area contributed by atoms with Crippen molar-refractivity contribution < 1.29 is 4.79 Å². The second-order valence-electron chi connectivity index (χ2n) is 3.48. The van der Waals surface area contributed by atoms with Gasteiger partial charge in [0.1, 0.15) is 0 Å². The van der Waals surface area contributed by atoms with E-state index >= 15 is 0 Å². The van der Waals surface area contributed by atoms with Gasteiger partial charge in [-0.05, 0) is 12.5 Å². The molecule has 0 heterocycles. The van der Waals surface area contributed by atoms with Crippen LogP contribution >= 0.6 is 0 Å². The molecule has 0 aliphatic rings. The summed E-state index contributed by atoms with van der Waals surface area (Å²) in [5.41, 5.74) is 0. The summed E-state index contributed by atoms with van der Waals surface area (Å²) >= 11 is 0. The Labute approximate surface area is 92.3 Å². The Morgan fingerprint density at radius 3 is 2.60 bits per heavy atom. The van der Waals surface area contributed by atoms with Gasteiger partial charge in [-0.15, -0.1) is 0 Å². The molecule has 0 aromatic rings. The van der Waals surface area contributed by atoms with E-state index in [9.17, 15) is 4.79 Å². The molecule has 0 aliphatic heterocycles. The lowest BCUT2D eigenvalue weighted by Gasteiger charge is -1.96. The highest BCUT2D eigenvalue weighted by Crippen LogP contribution is 2.05. The minimum absolute atomic E-state index is 0.147. The molecular weight excluding hydrogens is 186 g/mol. The van der Waals surface area contributed by atoms with E-state index in [1.54, 1.807) is 12.2 Å². The van der Waals surface area contributed by atoms with Gasteiger partial charge in [0.2, 0.25) is 0 Å². The molecule has 82 valence electrons. The topological polar surface area (TPSA) is 40.9 Å². The lowest BCUT2D eigenvalue weighted by atomic mass is 10.1. The van der Waals surface area contributed by atoms with E-state index in [0.717, 1.165) is 12.8 Å². The summed E-state index contributed by atoms with van der Waals surface area (Å²) in [4.78, 5) is 11.2. The molecule has 0 aliphatic carbocycles. The first-order valence-electron chi connectivity index (χ1n) is 5.57. The van der Waals surface area contributed by atoms with Crippen LogP contribution in [0.2, 0.25) is 0 Å². The number of nitrogens with zero attached hydrogens (tertiary/aromatic N) is 1. The average molecular weight is 205 g/mol. The summed E-state index contributed by atoms with van der Waals surface area (Å²) in [5.74, 6) is 0.147. The molecule has 0 bridgehead atoms. The van der Waals surface area contributed by atoms with Gasteiger partial charge in [-0.3, -0.25) is 4.79 Å². The minimum Gasteiger partial charge on any atom is -0.295 e. The molecule has 0 radical (unpaired) electrons. The zero-order valence-corrected chi connectivity index (χ0v) is 9.41. The molecule has 0 fully saturated rings. The van der Waals surface area contributed by atoms with Crippen molar-refractivity contribution in [2.75, 3.05) is 0 Å². The highest BCUT2D eigenvalue weighted by molar-refractivity contribution is 5.89. The normalized spacial score (nSPS) is 10.9. The van der Waals surface area contributed by atoms with Crippen molar-refractivity contribution in [1.82, 2.24) is 0 Å².